The molecule has 4 saturated heterocycles. The molecule has 0 N–H and O–H groups in total. The Balaban J connectivity index is 1.83. The van der Waals surface area contributed by atoms with E-state index in [9.17, 15) is 4.79 Å². The molecule has 0 aromatic carbocycles. The fraction of sp³-hybridized carbons (Fsp3) is 0.944. The lowest BCUT2D eigenvalue weighted by molar-refractivity contribution is -0.561. The molecule has 0 amide bonds. The van der Waals surface area contributed by atoms with Crippen LogP contribution in [0.3, 0.4) is 0 Å². The number of esters is 1. The number of hydrogen-bond acceptors (Lipinski definition) is 6. The molecular weight excluding hydrogens is 312 g/mol. The quantitative estimate of drug-likeness (QED) is 0.581. The predicted octanol–water partition coefficient (Wildman–Crippen LogP) is 2.94. The van der Waals surface area contributed by atoms with Crippen molar-refractivity contribution < 1.29 is 28.8 Å². The molecule has 4 aliphatic heterocycles. The van der Waals surface area contributed by atoms with Gasteiger partial charge in [-0.25, -0.2) is 9.78 Å². The Bertz CT molecular complexity index is 538. The Morgan fingerprint density at radius 1 is 1.25 bits per heavy atom. The third kappa shape index (κ3) is 2.06. The molecule has 0 aromatic rings. The highest BCUT2D eigenvalue weighted by Crippen LogP contribution is 2.62. The summed E-state index contributed by atoms with van der Waals surface area (Å²) in [6, 6.07) is 0. The highest BCUT2D eigenvalue weighted by atomic mass is 17.3. The van der Waals surface area contributed by atoms with E-state index in [0.29, 0.717) is 25.4 Å². The summed E-state index contributed by atoms with van der Waals surface area (Å²) in [5, 5.41) is 0. The highest BCUT2D eigenvalue weighted by molar-refractivity contribution is 5.71. The molecule has 5 rings (SSSR count). The second kappa shape index (κ2) is 5.40. The number of hydrogen-bond donors (Lipinski definition) is 0. The third-order valence-electron chi connectivity index (χ3n) is 6.83. The summed E-state index contributed by atoms with van der Waals surface area (Å²) in [7, 11) is 0. The molecule has 6 nitrogen and oxygen atoms in total. The van der Waals surface area contributed by atoms with Crippen LogP contribution in [0.5, 0.6) is 0 Å². The van der Waals surface area contributed by atoms with Gasteiger partial charge in [-0.2, -0.15) is 0 Å². The van der Waals surface area contributed by atoms with Gasteiger partial charge in [0.2, 0.25) is 12.1 Å². The molecule has 5 unspecified atom stereocenters. The van der Waals surface area contributed by atoms with Crippen LogP contribution >= 0.6 is 0 Å². The van der Waals surface area contributed by atoms with Crippen LogP contribution in [0.4, 0.5) is 0 Å². The zero-order chi connectivity index (χ0) is 17.2. The van der Waals surface area contributed by atoms with E-state index in [1.165, 1.54) is 0 Å². The molecular formula is C18H28O6. The zero-order valence-electron chi connectivity index (χ0n) is 15.0. The lowest BCUT2D eigenvalue weighted by Crippen LogP contribution is -2.72. The van der Waals surface area contributed by atoms with Crippen LogP contribution in [0, 0.1) is 17.8 Å². The number of carbonyl (C=O) groups is 1. The minimum Gasteiger partial charge on any atom is -0.432 e. The third-order valence-corrected chi connectivity index (χ3v) is 6.83. The number of carbonyl (C=O) groups excluding carboxylic acids is 1. The summed E-state index contributed by atoms with van der Waals surface area (Å²) >= 11 is 0. The lowest BCUT2D eigenvalue weighted by Gasteiger charge is -2.61. The molecule has 1 spiro atoms. The molecule has 7 atom stereocenters. The Morgan fingerprint density at radius 3 is 2.75 bits per heavy atom. The van der Waals surface area contributed by atoms with E-state index in [1.54, 1.807) is 0 Å². The summed E-state index contributed by atoms with van der Waals surface area (Å²) < 4.78 is 18.0. The van der Waals surface area contributed by atoms with Crippen molar-refractivity contribution >= 4 is 5.97 Å². The van der Waals surface area contributed by atoms with Crippen molar-refractivity contribution in [2.75, 3.05) is 6.61 Å². The topological polar surface area (TPSA) is 63.2 Å². The molecule has 136 valence electrons. The Labute approximate surface area is 143 Å². The van der Waals surface area contributed by atoms with Crippen molar-refractivity contribution in [3.05, 3.63) is 0 Å². The first-order valence-electron chi connectivity index (χ1n) is 9.26. The number of fused-ring (bicyclic) bond motifs is 2. The Morgan fingerprint density at radius 2 is 2.04 bits per heavy atom. The predicted molar refractivity (Wildman–Crippen MR) is 83.5 cm³/mol. The van der Waals surface area contributed by atoms with Gasteiger partial charge in [-0.15, -0.1) is 0 Å². The lowest BCUT2D eigenvalue weighted by atomic mass is 9.54. The van der Waals surface area contributed by atoms with E-state index >= 15 is 0 Å². The van der Waals surface area contributed by atoms with Crippen LogP contribution in [-0.4, -0.2) is 35.9 Å². The van der Waals surface area contributed by atoms with Crippen LogP contribution in [0.2, 0.25) is 0 Å². The first kappa shape index (κ1) is 16.8. The summed E-state index contributed by atoms with van der Waals surface area (Å²) in [5.41, 5.74) is -1.11. The molecule has 2 bridgehead atoms. The minimum absolute atomic E-state index is 0.0369. The van der Waals surface area contributed by atoms with Crippen LogP contribution in [-0.2, 0) is 28.8 Å². The number of ether oxygens (including phenoxy) is 3. The van der Waals surface area contributed by atoms with Gasteiger partial charge in [-0.3, -0.25) is 4.79 Å². The average molecular weight is 340 g/mol. The molecule has 5 fully saturated rings. The van der Waals surface area contributed by atoms with Crippen molar-refractivity contribution in [1.82, 2.24) is 0 Å². The van der Waals surface area contributed by atoms with Crippen molar-refractivity contribution in [3.8, 4) is 0 Å². The van der Waals surface area contributed by atoms with Gasteiger partial charge in [-0.05, 0) is 39.5 Å². The van der Waals surface area contributed by atoms with Crippen LogP contribution in [0.15, 0.2) is 0 Å². The largest absolute Gasteiger partial charge is 0.432 e. The monoisotopic (exact) mass is 340 g/mol. The summed E-state index contributed by atoms with van der Waals surface area (Å²) in [6.07, 6.45) is 3.08. The molecule has 24 heavy (non-hydrogen) atoms. The van der Waals surface area contributed by atoms with Gasteiger partial charge in [0.1, 0.15) is 0 Å². The van der Waals surface area contributed by atoms with Gasteiger partial charge >= 0.3 is 5.97 Å². The second-order valence-electron chi connectivity index (χ2n) is 8.04. The van der Waals surface area contributed by atoms with Crippen LogP contribution in [0.1, 0.15) is 59.8 Å². The van der Waals surface area contributed by atoms with Crippen LogP contribution in [0.25, 0.3) is 0 Å². The number of rotatable bonds is 3. The summed E-state index contributed by atoms with van der Waals surface area (Å²) in [6.45, 7) is 8.92. The van der Waals surface area contributed by atoms with Gasteiger partial charge in [-0.1, -0.05) is 13.3 Å². The van der Waals surface area contributed by atoms with Gasteiger partial charge in [0, 0.05) is 24.9 Å². The first-order valence-corrected chi connectivity index (χ1v) is 9.26. The SMILES string of the molecule is CCO[C@@]1(C)C2CCC3(C)OOC24C(CC(=O)OC4O3)C[C@H]1CC. The van der Waals surface area contributed by atoms with E-state index in [-0.39, 0.29) is 23.4 Å². The van der Waals surface area contributed by atoms with E-state index in [1.807, 2.05) is 13.8 Å². The molecule has 0 radical (unpaired) electrons. The van der Waals surface area contributed by atoms with Crippen molar-refractivity contribution in [3.63, 3.8) is 0 Å². The molecule has 1 aliphatic carbocycles. The van der Waals surface area contributed by atoms with Crippen molar-refractivity contribution in [2.24, 2.45) is 17.8 Å². The van der Waals surface area contributed by atoms with Crippen molar-refractivity contribution in [1.29, 1.82) is 0 Å². The normalized spacial score (nSPS) is 53.2. The van der Waals surface area contributed by atoms with E-state index in [4.69, 9.17) is 24.0 Å². The van der Waals surface area contributed by atoms with Crippen LogP contribution < -0.4 is 0 Å². The first-order chi connectivity index (χ1) is 11.4. The second-order valence-corrected chi connectivity index (χ2v) is 8.04. The van der Waals surface area contributed by atoms with Gasteiger partial charge in [0.05, 0.1) is 12.0 Å². The van der Waals surface area contributed by atoms with Gasteiger partial charge in [0.15, 0.2) is 5.60 Å². The zero-order valence-corrected chi connectivity index (χ0v) is 15.0. The fourth-order valence-corrected chi connectivity index (χ4v) is 5.65. The van der Waals surface area contributed by atoms with Gasteiger partial charge in [0.25, 0.3) is 0 Å². The van der Waals surface area contributed by atoms with E-state index in [0.717, 1.165) is 19.3 Å². The summed E-state index contributed by atoms with van der Waals surface area (Å²) in [5.74, 6) is -0.599. The van der Waals surface area contributed by atoms with Crippen molar-refractivity contribution in [2.45, 2.75) is 83.1 Å². The maximum Gasteiger partial charge on any atom is 0.308 e. The molecule has 4 heterocycles. The molecule has 5 aliphatic rings. The minimum atomic E-state index is -0.871. The molecule has 0 aromatic heterocycles. The highest BCUT2D eigenvalue weighted by Gasteiger charge is 2.73. The maximum atomic E-state index is 12.2. The smallest absolute Gasteiger partial charge is 0.308 e. The maximum absolute atomic E-state index is 12.2. The summed E-state index contributed by atoms with van der Waals surface area (Å²) in [4.78, 5) is 23.9. The van der Waals surface area contributed by atoms with Gasteiger partial charge < -0.3 is 14.2 Å². The van der Waals surface area contributed by atoms with E-state index < -0.39 is 17.7 Å². The molecule has 1 saturated carbocycles. The standard InChI is InChI=1S/C18H28O6/c1-5-11-9-12-10-14(19)21-15-18(12)13(17(11,4)20-6-2)7-8-16(3,22-15)23-24-18/h11-13,15H,5-10H2,1-4H3/t11-,12?,13?,15?,16?,17-,18?/m1/s1. The Kier molecular flexibility index (Phi) is 3.77. The average Bonchev–Trinajstić information content (AvgIpc) is 2.75. The Hall–Kier alpha value is -0.690. The fourth-order valence-electron chi connectivity index (χ4n) is 5.65. The van der Waals surface area contributed by atoms with E-state index in [2.05, 4.69) is 13.8 Å². The molecule has 6 heteroatoms.